The van der Waals surface area contributed by atoms with Gasteiger partial charge in [-0.3, -0.25) is 0 Å². The average molecular weight is 403 g/mol. The molecule has 2 heterocycles. The first kappa shape index (κ1) is 18.1. The van der Waals surface area contributed by atoms with Crippen LogP contribution in [0.4, 0.5) is 0 Å². The van der Waals surface area contributed by atoms with E-state index in [-0.39, 0.29) is 0 Å². The van der Waals surface area contributed by atoms with Gasteiger partial charge in [0.2, 0.25) is 0 Å². The van der Waals surface area contributed by atoms with Gasteiger partial charge in [0.15, 0.2) is 0 Å². The number of fused-ring (bicyclic) bond motifs is 5. The van der Waals surface area contributed by atoms with Gasteiger partial charge in [0.1, 0.15) is 0 Å². The molecule has 3 aromatic carbocycles. The summed E-state index contributed by atoms with van der Waals surface area (Å²) in [7, 11) is 0. The SMILES string of the molecule is CCCCCCCCc1csc2cc3c(ccc4cc5ccsc5cc43)cc12. The molecule has 0 nitrogen and oxygen atoms in total. The van der Waals surface area contributed by atoms with Crippen LogP contribution in [0.5, 0.6) is 0 Å². The predicted octanol–water partition coefficient (Wildman–Crippen LogP) is 9.33. The summed E-state index contributed by atoms with van der Waals surface area (Å²) in [6.45, 7) is 2.29. The fourth-order valence-corrected chi connectivity index (χ4v) is 6.21. The zero-order valence-electron chi connectivity index (χ0n) is 16.5. The molecule has 0 radical (unpaired) electrons. The van der Waals surface area contributed by atoms with E-state index < -0.39 is 0 Å². The lowest BCUT2D eigenvalue weighted by atomic mass is 9.98. The number of rotatable bonds is 7. The highest BCUT2D eigenvalue weighted by molar-refractivity contribution is 7.17. The second-order valence-corrected chi connectivity index (χ2v) is 9.80. The Hall–Kier alpha value is -1.90. The molecule has 0 saturated heterocycles. The molecule has 2 aromatic heterocycles. The molecule has 0 spiro atoms. The van der Waals surface area contributed by atoms with E-state index in [1.54, 1.807) is 5.56 Å². The third-order valence-electron chi connectivity index (χ3n) is 5.98. The van der Waals surface area contributed by atoms with Crippen molar-refractivity contribution >= 4 is 64.4 Å². The normalized spacial score (nSPS) is 12.0. The molecule has 0 unspecified atom stereocenters. The minimum atomic E-state index is 1.22. The fraction of sp³-hybridized carbons (Fsp3) is 0.308. The van der Waals surface area contributed by atoms with E-state index in [0.717, 1.165) is 0 Å². The number of hydrogen-bond donors (Lipinski definition) is 0. The summed E-state index contributed by atoms with van der Waals surface area (Å²) in [5, 5.41) is 12.9. The van der Waals surface area contributed by atoms with Crippen LogP contribution < -0.4 is 0 Å². The van der Waals surface area contributed by atoms with E-state index in [2.05, 4.69) is 60.1 Å². The van der Waals surface area contributed by atoms with Crippen molar-refractivity contribution in [3.8, 4) is 0 Å². The topological polar surface area (TPSA) is 0 Å². The van der Waals surface area contributed by atoms with Gasteiger partial charge in [-0.2, -0.15) is 0 Å². The van der Waals surface area contributed by atoms with Crippen LogP contribution in [-0.2, 0) is 6.42 Å². The summed E-state index contributed by atoms with van der Waals surface area (Å²) in [6.07, 6.45) is 9.42. The lowest BCUT2D eigenvalue weighted by molar-refractivity contribution is 0.608. The summed E-state index contributed by atoms with van der Waals surface area (Å²) in [4.78, 5) is 0. The Morgan fingerprint density at radius 2 is 1.39 bits per heavy atom. The Kier molecular flexibility index (Phi) is 5.09. The molecule has 0 atom stereocenters. The molecule has 0 amide bonds. The monoisotopic (exact) mass is 402 g/mol. The van der Waals surface area contributed by atoms with Gasteiger partial charge in [-0.25, -0.2) is 0 Å². The minimum absolute atomic E-state index is 1.22. The second-order valence-electron chi connectivity index (χ2n) is 7.95. The molecule has 0 bridgehead atoms. The maximum absolute atomic E-state index is 2.44. The van der Waals surface area contributed by atoms with Crippen molar-refractivity contribution < 1.29 is 0 Å². The molecule has 2 heteroatoms. The third-order valence-corrected chi connectivity index (χ3v) is 7.86. The minimum Gasteiger partial charge on any atom is -0.144 e. The molecule has 28 heavy (non-hydrogen) atoms. The van der Waals surface area contributed by atoms with Gasteiger partial charge in [0.05, 0.1) is 0 Å². The van der Waals surface area contributed by atoms with Crippen LogP contribution >= 0.6 is 22.7 Å². The first-order valence-electron chi connectivity index (χ1n) is 10.6. The van der Waals surface area contributed by atoms with E-state index in [0.29, 0.717) is 0 Å². The van der Waals surface area contributed by atoms with E-state index in [1.165, 1.54) is 86.7 Å². The maximum Gasteiger partial charge on any atom is 0.0352 e. The molecule has 0 saturated carbocycles. The van der Waals surface area contributed by atoms with Crippen molar-refractivity contribution in [3.63, 3.8) is 0 Å². The first-order chi connectivity index (χ1) is 13.8. The first-order valence-corrected chi connectivity index (χ1v) is 12.3. The number of unbranched alkanes of at least 4 members (excludes halogenated alkanes) is 5. The summed E-state index contributed by atoms with van der Waals surface area (Å²) >= 11 is 3.75. The highest BCUT2D eigenvalue weighted by Crippen LogP contribution is 2.36. The Balaban J connectivity index is 1.49. The molecule has 0 fully saturated rings. The van der Waals surface area contributed by atoms with Crippen LogP contribution in [0.1, 0.15) is 51.0 Å². The van der Waals surface area contributed by atoms with Crippen molar-refractivity contribution in [2.75, 3.05) is 0 Å². The Morgan fingerprint density at radius 3 is 2.25 bits per heavy atom. The number of hydrogen-bond acceptors (Lipinski definition) is 2. The van der Waals surface area contributed by atoms with Crippen molar-refractivity contribution in [2.45, 2.75) is 51.9 Å². The molecule has 0 aliphatic heterocycles. The Bertz CT molecular complexity index is 1260. The molecule has 0 aliphatic rings. The zero-order valence-corrected chi connectivity index (χ0v) is 18.1. The largest absolute Gasteiger partial charge is 0.144 e. The van der Waals surface area contributed by atoms with Crippen LogP contribution in [0.3, 0.4) is 0 Å². The molecular weight excluding hydrogens is 376 g/mol. The second kappa shape index (κ2) is 7.85. The summed E-state index contributed by atoms with van der Waals surface area (Å²) in [5.74, 6) is 0. The molecule has 0 aliphatic carbocycles. The average Bonchev–Trinajstić information content (AvgIpc) is 3.33. The van der Waals surface area contributed by atoms with Gasteiger partial charge in [-0.05, 0) is 91.8 Å². The van der Waals surface area contributed by atoms with E-state index in [9.17, 15) is 0 Å². The molecular formula is C26H26S2. The Morgan fingerprint density at radius 1 is 0.643 bits per heavy atom. The van der Waals surface area contributed by atoms with Gasteiger partial charge in [-0.15, -0.1) is 22.7 Å². The highest BCUT2D eigenvalue weighted by atomic mass is 32.1. The smallest absolute Gasteiger partial charge is 0.0352 e. The van der Waals surface area contributed by atoms with Crippen molar-refractivity contribution in [2.24, 2.45) is 0 Å². The van der Waals surface area contributed by atoms with Crippen LogP contribution in [0.15, 0.2) is 53.2 Å². The summed E-state index contributed by atoms with van der Waals surface area (Å²) in [6, 6.07) is 16.4. The third kappa shape index (κ3) is 3.33. The van der Waals surface area contributed by atoms with Crippen molar-refractivity contribution in [1.29, 1.82) is 0 Å². The maximum atomic E-state index is 2.44. The molecule has 142 valence electrons. The van der Waals surface area contributed by atoms with Crippen LogP contribution in [0.2, 0.25) is 0 Å². The zero-order chi connectivity index (χ0) is 18.9. The van der Waals surface area contributed by atoms with Crippen LogP contribution in [-0.4, -0.2) is 0 Å². The lowest BCUT2D eigenvalue weighted by Crippen LogP contribution is -1.85. The highest BCUT2D eigenvalue weighted by Gasteiger charge is 2.09. The fourth-order valence-electron chi connectivity index (χ4n) is 4.38. The van der Waals surface area contributed by atoms with Gasteiger partial charge < -0.3 is 0 Å². The van der Waals surface area contributed by atoms with E-state index in [4.69, 9.17) is 0 Å². The summed E-state index contributed by atoms with van der Waals surface area (Å²) in [5.41, 5.74) is 1.55. The number of benzene rings is 3. The van der Waals surface area contributed by atoms with Crippen LogP contribution in [0.25, 0.3) is 41.7 Å². The van der Waals surface area contributed by atoms with E-state index in [1.807, 2.05) is 22.7 Å². The number of aryl methyl sites for hydroxylation is 1. The van der Waals surface area contributed by atoms with E-state index >= 15 is 0 Å². The quantitative estimate of drug-likeness (QED) is 0.188. The van der Waals surface area contributed by atoms with Crippen molar-refractivity contribution in [1.82, 2.24) is 0 Å². The van der Waals surface area contributed by atoms with Gasteiger partial charge in [0, 0.05) is 9.40 Å². The predicted molar refractivity (Wildman–Crippen MR) is 129 cm³/mol. The Labute approximate surface area is 174 Å². The lowest BCUT2D eigenvalue weighted by Gasteiger charge is -2.07. The number of thiophene rings is 2. The van der Waals surface area contributed by atoms with Crippen molar-refractivity contribution in [3.05, 3.63) is 58.8 Å². The van der Waals surface area contributed by atoms with Crippen LogP contribution in [0, 0.1) is 0 Å². The molecule has 5 aromatic rings. The summed E-state index contributed by atoms with van der Waals surface area (Å²) < 4.78 is 2.82. The van der Waals surface area contributed by atoms with Gasteiger partial charge >= 0.3 is 0 Å². The standard InChI is InChI=1S/C26H26S2/c1-2-3-4-5-6-7-8-21-17-28-26-16-23-19(14-24(21)26)10-9-18-13-20-11-12-27-25(20)15-22(18)23/h9-17H,2-8H2,1H3. The molecule has 0 N–H and O–H groups in total. The molecule has 5 rings (SSSR count). The van der Waals surface area contributed by atoms with Gasteiger partial charge in [0.25, 0.3) is 0 Å². The van der Waals surface area contributed by atoms with Gasteiger partial charge in [-0.1, -0.05) is 51.2 Å².